The molecule has 0 unspecified atom stereocenters. The molecule has 0 aliphatic rings. The Kier molecular flexibility index (Phi) is 14.1. The van der Waals surface area contributed by atoms with Gasteiger partial charge in [-0.3, -0.25) is 19.6 Å². The largest absolute Gasteiger partial charge is 0.384 e. The molecule has 3 N–H and O–H groups in total. The second kappa shape index (κ2) is 15.7. The van der Waals surface area contributed by atoms with Crippen molar-refractivity contribution >= 4 is 40.8 Å². The van der Waals surface area contributed by atoms with Crippen molar-refractivity contribution in [3.8, 4) is 0 Å². The monoisotopic (exact) mass is 559 g/mol. The van der Waals surface area contributed by atoms with Crippen molar-refractivity contribution in [2.75, 3.05) is 39.9 Å². The number of rotatable bonds is 16. The van der Waals surface area contributed by atoms with Gasteiger partial charge in [0, 0.05) is 38.5 Å². The summed E-state index contributed by atoms with van der Waals surface area (Å²) in [6.07, 6.45) is 0.323. The zero-order valence-electron chi connectivity index (χ0n) is 23.5. The van der Waals surface area contributed by atoms with Crippen LogP contribution in [0, 0.1) is 22.7 Å². The van der Waals surface area contributed by atoms with Crippen LogP contribution in [0.4, 0.5) is 0 Å². The fraction of sp³-hybridized carbons (Fsp3) is 0.731. The van der Waals surface area contributed by atoms with E-state index >= 15 is 0 Å². The maximum absolute atomic E-state index is 13.7. The predicted molar refractivity (Wildman–Crippen MR) is 147 cm³/mol. The third-order valence-corrected chi connectivity index (χ3v) is 8.01. The molecule has 0 aromatic carbocycles. The van der Waals surface area contributed by atoms with Gasteiger partial charge in [0.15, 0.2) is 0 Å². The highest BCUT2D eigenvalue weighted by Crippen LogP contribution is 2.32. The van der Waals surface area contributed by atoms with Crippen LogP contribution in [-0.2, 0) is 23.9 Å². The van der Waals surface area contributed by atoms with Crippen molar-refractivity contribution < 1.29 is 29.1 Å². The summed E-state index contributed by atoms with van der Waals surface area (Å²) < 4.78 is 11.7. The molecule has 0 bridgehead atoms. The summed E-state index contributed by atoms with van der Waals surface area (Å²) in [6, 6.07) is 3.11. The summed E-state index contributed by atoms with van der Waals surface area (Å²) in [5, 5.41) is 14.2. The van der Waals surface area contributed by atoms with Crippen LogP contribution in [0.25, 0.3) is 0 Å². The number of nitrogens with zero attached hydrogens (tertiary/aromatic N) is 1. The van der Waals surface area contributed by atoms with Crippen molar-refractivity contribution in [1.29, 1.82) is 0 Å². The van der Waals surface area contributed by atoms with Gasteiger partial charge in [0.25, 0.3) is 0 Å². The lowest BCUT2D eigenvalue weighted by molar-refractivity contribution is -0.146. The Hall–Kier alpha value is -1.66. The standard InChI is InChI=1S/C26H45N3O6S2/c1-18(2)12-19(23(31)28-33)13-20(30)29(17-37-21-10-9-11-36-21)22(25(3,4)5)24(32)27-14-26(6,15-34-7)16-35-8/h9-11,18-19,22,33H,12-17H2,1-8H3,(H,27,32)(H,28,31)/t19-,22+/m0/s1. The number of methoxy groups -OCH3 is 2. The van der Waals surface area contributed by atoms with Crippen molar-refractivity contribution in [2.45, 2.75) is 64.6 Å². The van der Waals surface area contributed by atoms with E-state index in [-0.39, 0.29) is 30.0 Å². The molecule has 0 aliphatic carbocycles. The highest BCUT2D eigenvalue weighted by Gasteiger charge is 2.41. The molecule has 1 rings (SSSR count). The predicted octanol–water partition coefficient (Wildman–Crippen LogP) is 4.01. The first-order valence-corrected chi connectivity index (χ1v) is 14.3. The van der Waals surface area contributed by atoms with Crippen molar-refractivity contribution in [1.82, 2.24) is 15.7 Å². The second-order valence-electron chi connectivity index (χ2n) is 11.2. The van der Waals surface area contributed by atoms with E-state index in [1.54, 1.807) is 35.9 Å². The summed E-state index contributed by atoms with van der Waals surface area (Å²) >= 11 is 3.03. The number of hydrogen-bond donors (Lipinski definition) is 3. The Labute approximate surface area is 230 Å². The van der Waals surface area contributed by atoms with Gasteiger partial charge in [0.1, 0.15) is 6.04 Å². The molecule has 0 fully saturated rings. The van der Waals surface area contributed by atoms with E-state index in [1.807, 2.05) is 59.1 Å². The molecule has 1 heterocycles. The Balaban J connectivity index is 3.28. The lowest BCUT2D eigenvalue weighted by Gasteiger charge is -2.40. The summed E-state index contributed by atoms with van der Waals surface area (Å²) in [5.41, 5.74) is 0.659. The molecular formula is C26H45N3O6S2. The highest BCUT2D eigenvalue weighted by molar-refractivity contribution is 8.01. The first kappa shape index (κ1) is 33.4. The molecular weight excluding hydrogens is 514 g/mol. The van der Waals surface area contributed by atoms with E-state index in [2.05, 4.69) is 5.32 Å². The summed E-state index contributed by atoms with van der Waals surface area (Å²) in [7, 11) is 3.21. The van der Waals surface area contributed by atoms with Crippen molar-refractivity contribution in [2.24, 2.45) is 22.7 Å². The number of ether oxygens (including phenoxy) is 2. The van der Waals surface area contributed by atoms with Crippen molar-refractivity contribution in [3.63, 3.8) is 0 Å². The van der Waals surface area contributed by atoms with Crippen LogP contribution in [-0.4, -0.2) is 73.7 Å². The molecule has 212 valence electrons. The fourth-order valence-electron chi connectivity index (χ4n) is 4.28. The Morgan fingerprint density at radius 3 is 2.19 bits per heavy atom. The van der Waals surface area contributed by atoms with Gasteiger partial charge in [-0.05, 0) is 29.2 Å². The van der Waals surface area contributed by atoms with Crippen LogP contribution in [0.15, 0.2) is 21.7 Å². The zero-order chi connectivity index (χ0) is 28.2. The van der Waals surface area contributed by atoms with Gasteiger partial charge < -0.3 is 19.7 Å². The Morgan fingerprint density at radius 2 is 1.73 bits per heavy atom. The average molecular weight is 560 g/mol. The SMILES string of the molecule is COCC(C)(CNC(=O)[C@@H](N(CSc1cccs1)C(=O)C[C@H](CC(C)C)C(=O)NO)C(C)(C)C)COC. The van der Waals surface area contributed by atoms with Gasteiger partial charge in [-0.2, -0.15) is 0 Å². The van der Waals surface area contributed by atoms with Crippen LogP contribution < -0.4 is 10.8 Å². The maximum atomic E-state index is 13.7. The molecule has 0 spiro atoms. The van der Waals surface area contributed by atoms with E-state index in [0.717, 1.165) is 4.21 Å². The average Bonchev–Trinajstić information content (AvgIpc) is 3.32. The number of carbonyl (C=O) groups is 3. The van der Waals surface area contributed by atoms with E-state index in [0.29, 0.717) is 26.2 Å². The number of hydrogen-bond acceptors (Lipinski definition) is 8. The quantitative estimate of drug-likeness (QED) is 0.121. The van der Waals surface area contributed by atoms with Crippen LogP contribution in [0.1, 0.15) is 54.4 Å². The normalized spacial score (nSPS) is 13.8. The van der Waals surface area contributed by atoms with Gasteiger partial charge in [0.2, 0.25) is 17.7 Å². The van der Waals surface area contributed by atoms with E-state index < -0.39 is 28.7 Å². The molecule has 1 aromatic rings. The summed E-state index contributed by atoms with van der Waals surface area (Å²) in [5.74, 6) is -1.51. The highest BCUT2D eigenvalue weighted by atomic mass is 32.2. The first-order valence-electron chi connectivity index (χ1n) is 12.4. The molecule has 3 amide bonds. The van der Waals surface area contributed by atoms with Crippen LogP contribution in [0.5, 0.6) is 0 Å². The minimum Gasteiger partial charge on any atom is -0.384 e. The smallest absolute Gasteiger partial charge is 0.246 e. The number of nitrogens with one attached hydrogen (secondary N) is 2. The second-order valence-corrected chi connectivity index (χ2v) is 13.4. The maximum Gasteiger partial charge on any atom is 0.246 e. The Morgan fingerprint density at radius 1 is 1.11 bits per heavy atom. The lowest BCUT2D eigenvalue weighted by Crippen LogP contribution is -2.57. The van der Waals surface area contributed by atoms with Crippen LogP contribution in [0.3, 0.4) is 0 Å². The third kappa shape index (κ3) is 11.3. The van der Waals surface area contributed by atoms with Gasteiger partial charge in [0.05, 0.1) is 23.3 Å². The minimum absolute atomic E-state index is 0.111. The number of amides is 3. The number of hydroxylamine groups is 1. The van der Waals surface area contributed by atoms with Crippen LogP contribution in [0.2, 0.25) is 0 Å². The Bertz CT molecular complexity index is 836. The topological polar surface area (TPSA) is 117 Å². The molecule has 2 atom stereocenters. The molecule has 11 heteroatoms. The van der Waals surface area contributed by atoms with Gasteiger partial charge in [-0.15, -0.1) is 11.3 Å². The number of thiophene rings is 1. The third-order valence-electron chi connectivity index (χ3n) is 5.87. The molecule has 0 radical (unpaired) electrons. The van der Waals surface area contributed by atoms with Gasteiger partial charge in [-0.25, -0.2) is 5.48 Å². The van der Waals surface area contributed by atoms with Gasteiger partial charge >= 0.3 is 0 Å². The van der Waals surface area contributed by atoms with E-state index in [4.69, 9.17) is 9.47 Å². The first-order chi connectivity index (χ1) is 17.3. The number of thioether (sulfide) groups is 1. The fourth-order valence-corrected chi connectivity index (χ4v) is 6.06. The summed E-state index contributed by atoms with van der Waals surface area (Å²) in [4.78, 5) is 41.4. The lowest BCUT2D eigenvalue weighted by atomic mass is 9.84. The minimum atomic E-state index is -0.793. The van der Waals surface area contributed by atoms with Gasteiger partial charge in [-0.1, -0.05) is 59.4 Å². The molecule has 0 saturated carbocycles. The molecule has 9 nitrogen and oxygen atoms in total. The van der Waals surface area contributed by atoms with E-state index in [1.165, 1.54) is 11.8 Å². The molecule has 0 aliphatic heterocycles. The molecule has 37 heavy (non-hydrogen) atoms. The summed E-state index contributed by atoms with van der Waals surface area (Å²) in [6.45, 7) is 12.7. The van der Waals surface area contributed by atoms with Crippen molar-refractivity contribution in [3.05, 3.63) is 17.5 Å². The zero-order valence-corrected chi connectivity index (χ0v) is 25.1. The van der Waals surface area contributed by atoms with Crippen LogP contribution >= 0.6 is 23.1 Å². The molecule has 1 aromatic heterocycles. The van der Waals surface area contributed by atoms with E-state index in [9.17, 15) is 19.6 Å². The molecule has 0 saturated heterocycles. The number of carbonyl (C=O) groups excluding carboxylic acids is 3.